The second-order valence-corrected chi connectivity index (χ2v) is 2.77. The molecule has 0 aliphatic heterocycles. The molecule has 0 amide bonds. The molecule has 2 aromatic rings. The van der Waals surface area contributed by atoms with E-state index >= 15 is 0 Å². The molecule has 0 atom stereocenters. The van der Waals surface area contributed by atoms with Gasteiger partial charge in [0.1, 0.15) is 0 Å². The van der Waals surface area contributed by atoms with Gasteiger partial charge in [-0.25, -0.2) is 0 Å². The molecule has 0 saturated carbocycles. The molecule has 0 aliphatic rings. The van der Waals surface area contributed by atoms with Gasteiger partial charge in [0.15, 0.2) is 0 Å². The van der Waals surface area contributed by atoms with Crippen LogP contribution in [-0.4, -0.2) is 0 Å². The average Bonchev–Trinajstić information content (AvgIpc) is 2.33. The fourth-order valence-electron chi connectivity index (χ4n) is 1.26. The summed E-state index contributed by atoms with van der Waals surface area (Å²) in [6.07, 6.45) is 0. The quantitative estimate of drug-likeness (QED) is 0.548. The van der Waals surface area contributed by atoms with Crippen LogP contribution in [0.15, 0.2) is 48.5 Å². The molecule has 2 aromatic carbocycles. The van der Waals surface area contributed by atoms with Crippen LogP contribution in [0.4, 0.5) is 4.39 Å². The van der Waals surface area contributed by atoms with Crippen molar-refractivity contribution in [2.75, 3.05) is 0 Å². The van der Waals surface area contributed by atoms with E-state index in [1.165, 1.54) is 22.4 Å². The van der Waals surface area contributed by atoms with Crippen LogP contribution in [0.1, 0.15) is 0 Å². The number of benzene rings is 2. The molecule has 0 bridgehead atoms. The van der Waals surface area contributed by atoms with Crippen molar-refractivity contribution in [2.45, 2.75) is 0 Å². The molecule has 0 spiro atoms. The summed E-state index contributed by atoms with van der Waals surface area (Å²) in [5.41, 5.74) is 1.52. The van der Waals surface area contributed by atoms with E-state index in [1.807, 2.05) is 30.3 Å². The van der Waals surface area contributed by atoms with Gasteiger partial charge in [-0.1, -0.05) is 35.9 Å². The summed E-state index contributed by atoms with van der Waals surface area (Å²) in [7, 11) is 0. The Balaban J connectivity index is 0.000000531. The molecule has 15 heavy (non-hydrogen) atoms. The van der Waals surface area contributed by atoms with E-state index in [-0.39, 0.29) is 5.82 Å². The fourth-order valence-corrected chi connectivity index (χ4v) is 1.26. The molecule has 72 valence electrons. The third kappa shape index (κ3) is 3.51. The zero-order valence-corrected chi connectivity index (χ0v) is 12.6. The number of hydrogen-bond acceptors (Lipinski definition) is 0. The summed E-state index contributed by atoms with van der Waals surface area (Å²) in [5, 5.41) is 0. The van der Waals surface area contributed by atoms with Crippen molar-refractivity contribution in [3.63, 3.8) is 0 Å². The molecule has 0 radical (unpaired) electrons. The van der Waals surface area contributed by atoms with Gasteiger partial charge in [-0.3, -0.25) is 4.39 Å². The number of halogens is 2. The van der Waals surface area contributed by atoms with E-state index in [9.17, 15) is 4.39 Å². The standard InChI is InChI=1S/C12H8F.BrH.Zn/c13-12-9-5-4-8-11(12)10-6-2-1-3-7-10;;/h1-4,6-9H;1H;/q-1;;+2/p-1. The van der Waals surface area contributed by atoms with E-state index in [0.717, 1.165) is 5.56 Å². The second kappa shape index (κ2) is 6.87. The zero-order valence-electron chi connectivity index (χ0n) is 8.08. The van der Waals surface area contributed by atoms with Gasteiger partial charge < -0.3 is 0 Å². The van der Waals surface area contributed by atoms with Crippen molar-refractivity contribution in [3.8, 4) is 11.1 Å². The second-order valence-electron chi connectivity index (χ2n) is 2.77. The van der Waals surface area contributed by atoms with Gasteiger partial charge in [-0.2, -0.15) is 18.2 Å². The Bertz CT molecular complexity index is 403. The average molecular weight is 316 g/mol. The van der Waals surface area contributed by atoms with Crippen LogP contribution in [0.5, 0.6) is 0 Å². The van der Waals surface area contributed by atoms with Gasteiger partial charge in [0.05, 0.1) is 0 Å². The Morgan fingerprint density at radius 1 is 1.07 bits per heavy atom. The van der Waals surface area contributed by atoms with Gasteiger partial charge in [-0.05, 0) is 5.56 Å². The molecule has 0 nitrogen and oxygen atoms in total. The van der Waals surface area contributed by atoms with E-state index in [1.54, 1.807) is 12.1 Å². The van der Waals surface area contributed by atoms with Crippen molar-refractivity contribution in [1.29, 1.82) is 0 Å². The van der Waals surface area contributed by atoms with Gasteiger partial charge in [-0.15, -0.1) is 6.07 Å². The predicted molar refractivity (Wildman–Crippen MR) is 59.6 cm³/mol. The van der Waals surface area contributed by atoms with Crippen molar-refractivity contribution >= 4 is 13.6 Å². The minimum absolute atomic E-state index is 0.228. The summed E-state index contributed by atoms with van der Waals surface area (Å²) >= 11 is 4.25. The normalized spacial score (nSPS) is 9.07. The van der Waals surface area contributed by atoms with Gasteiger partial charge >= 0.3 is 30.0 Å². The first-order valence-corrected chi connectivity index (χ1v) is 11.3. The predicted octanol–water partition coefficient (Wildman–Crippen LogP) is 4.14. The third-order valence-corrected chi connectivity index (χ3v) is 1.90. The van der Waals surface area contributed by atoms with Crippen LogP contribution in [0.2, 0.25) is 0 Å². The SMILES string of the molecule is Fc1c[c-]ccc1-c1ccccc1.[Zn+][Br]. The molecular weight excluding hydrogens is 308 g/mol. The molecule has 0 heterocycles. The molecule has 0 aliphatic carbocycles. The first kappa shape index (κ1) is 12.5. The molecule has 0 saturated heterocycles. The van der Waals surface area contributed by atoms with Crippen molar-refractivity contribution < 1.29 is 20.7 Å². The maximum atomic E-state index is 13.2. The number of rotatable bonds is 1. The molecule has 0 N–H and O–H groups in total. The summed E-state index contributed by atoms with van der Waals surface area (Å²) in [6, 6.07) is 17.0. The van der Waals surface area contributed by atoms with Gasteiger partial charge in [0.2, 0.25) is 0 Å². The first-order valence-electron chi connectivity index (χ1n) is 4.35. The topological polar surface area (TPSA) is 0 Å². The van der Waals surface area contributed by atoms with Crippen LogP contribution >= 0.6 is 13.6 Å². The van der Waals surface area contributed by atoms with Crippen molar-refractivity contribution in [2.24, 2.45) is 0 Å². The number of hydrogen-bond donors (Lipinski definition) is 0. The molecule has 2 rings (SSSR count). The molecule has 0 aromatic heterocycles. The summed E-state index contributed by atoms with van der Waals surface area (Å²) < 4.78 is 13.2. The van der Waals surface area contributed by atoms with Crippen molar-refractivity contribution in [3.05, 3.63) is 60.4 Å². The molecule has 0 fully saturated rings. The van der Waals surface area contributed by atoms with E-state index in [0.29, 0.717) is 5.56 Å². The van der Waals surface area contributed by atoms with E-state index in [2.05, 4.69) is 19.7 Å². The van der Waals surface area contributed by atoms with Crippen LogP contribution < -0.4 is 0 Å². The Morgan fingerprint density at radius 2 is 1.73 bits per heavy atom. The van der Waals surface area contributed by atoms with Gasteiger partial charge in [0, 0.05) is 5.82 Å². The minimum atomic E-state index is -0.228. The van der Waals surface area contributed by atoms with Crippen LogP contribution in [0.25, 0.3) is 11.1 Å². The molecule has 3 heteroatoms. The summed E-state index contributed by atoms with van der Waals surface area (Å²) in [6.45, 7) is 0. The summed E-state index contributed by atoms with van der Waals surface area (Å²) in [4.78, 5) is 0. The van der Waals surface area contributed by atoms with Crippen LogP contribution in [0.3, 0.4) is 0 Å². The molecule has 0 unspecified atom stereocenters. The van der Waals surface area contributed by atoms with E-state index < -0.39 is 0 Å². The monoisotopic (exact) mass is 314 g/mol. The third-order valence-electron chi connectivity index (χ3n) is 1.90. The van der Waals surface area contributed by atoms with Crippen molar-refractivity contribution in [1.82, 2.24) is 0 Å². The zero-order chi connectivity index (χ0) is 11.1. The Morgan fingerprint density at radius 3 is 2.33 bits per heavy atom. The fraction of sp³-hybridized carbons (Fsp3) is 0. The van der Waals surface area contributed by atoms with Crippen LogP contribution in [-0.2, 0) is 16.3 Å². The first-order chi connectivity index (χ1) is 7.38. The Kier molecular flexibility index (Phi) is 5.74. The summed E-state index contributed by atoms with van der Waals surface area (Å²) in [5.74, 6) is -0.228. The Hall–Kier alpha value is -0.527. The Labute approximate surface area is 106 Å². The van der Waals surface area contributed by atoms with E-state index in [4.69, 9.17) is 0 Å². The maximum absolute atomic E-state index is 13.2. The van der Waals surface area contributed by atoms with Gasteiger partial charge in [0.25, 0.3) is 0 Å². The van der Waals surface area contributed by atoms with Crippen LogP contribution in [0, 0.1) is 11.9 Å². The molecular formula is C12H8BrFZn.